The van der Waals surface area contributed by atoms with Crippen molar-refractivity contribution in [3.8, 4) is 0 Å². The third-order valence-electron chi connectivity index (χ3n) is 1.96. The molecule has 92 valence electrons. The maximum Gasteiger partial charge on any atom is 0.214 e. The Balaban J connectivity index is 4.19. The molecule has 0 amide bonds. The van der Waals surface area contributed by atoms with E-state index in [1.165, 1.54) is 18.9 Å². The number of nitrogens with one attached hydrogen (secondary N) is 1. The van der Waals surface area contributed by atoms with E-state index >= 15 is 0 Å². The van der Waals surface area contributed by atoms with Gasteiger partial charge < -0.3 is 9.84 Å². The number of rotatable bonds is 8. The number of ether oxygens (including phenoxy) is 1. The maximum atomic E-state index is 11.5. The monoisotopic (exact) mass is 257 g/mol. The zero-order chi connectivity index (χ0) is 11.9. The van der Waals surface area contributed by atoms with Crippen molar-refractivity contribution in [1.29, 1.82) is 0 Å². The average Bonchev–Trinajstić information content (AvgIpc) is 2.16. The van der Waals surface area contributed by atoms with Crippen molar-refractivity contribution in [1.82, 2.24) is 4.72 Å². The molecule has 0 aliphatic rings. The summed E-state index contributed by atoms with van der Waals surface area (Å²) in [5.41, 5.74) is 0. The molecule has 0 fully saturated rings. The van der Waals surface area contributed by atoms with Gasteiger partial charge in [0.15, 0.2) is 0 Å². The van der Waals surface area contributed by atoms with Gasteiger partial charge in [-0.05, 0) is 13.2 Å². The van der Waals surface area contributed by atoms with E-state index in [0.29, 0.717) is 0 Å². The van der Waals surface area contributed by atoms with Crippen molar-refractivity contribution >= 4 is 21.8 Å². The van der Waals surface area contributed by atoms with Crippen LogP contribution >= 0.6 is 11.8 Å². The van der Waals surface area contributed by atoms with Gasteiger partial charge in [-0.3, -0.25) is 0 Å². The zero-order valence-electron chi connectivity index (χ0n) is 9.26. The molecule has 0 spiro atoms. The summed E-state index contributed by atoms with van der Waals surface area (Å²) in [6.45, 7) is 1.86. The van der Waals surface area contributed by atoms with E-state index < -0.39 is 10.0 Å². The molecule has 0 aromatic rings. The van der Waals surface area contributed by atoms with Gasteiger partial charge in [-0.2, -0.15) is 11.8 Å². The van der Waals surface area contributed by atoms with Crippen LogP contribution in [0.5, 0.6) is 0 Å². The first-order valence-corrected chi connectivity index (χ1v) is 7.53. The lowest BCUT2D eigenvalue weighted by Gasteiger charge is -2.20. The normalized spacial score (nSPS) is 16.3. The van der Waals surface area contributed by atoms with E-state index in [4.69, 9.17) is 9.84 Å². The highest BCUT2D eigenvalue weighted by Gasteiger charge is 2.20. The molecular formula is C8H19NO4S2. The summed E-state index contributed by atoms with van der Waals surface area (Å²) < 4.78 is 30.1. The summed E-state index contributed by atoms with van der Waals surface area (Å²) in [7, 11) is -1.85. The second-order valence-electron chi connectivity index (χ2n) is 3.17. The van der Waals surface area contributed by atoms with Gasteiger partial charge in [-0.1, -0.05) is 0 Å². The predicted octanol–water partition coefficient (Wildman–Crippen LogP) is -0.335. The Morgan fingerprint density at radius 2 is 2.13 bits per heavy atom. The van der Waals surface area contributed by atoms with Crippen LogP contribution in [0.25, 0.3) is 0 Å². The molecule has 2 N–H and O–H groups in total. The standard InChI is InChI=1S/C8H19NO4S2/c1-7(8(6-10)14-3)9-15(11,12)5-4-13-2/h7-10H,4-6H2,1-3H3. The molecule has 0 aromatic carbocycles. The van der Waals surface area contributed by atoms with Gasteiger partial charge in [0.05, 0.1) is 19.0 Å². The lowest BCUT2D eigenvalue weighted by molar-refractivity contribution is 0.216. The zero-order valence-corrected chi connectivity index (χ0v) is 10.9. The molecule has 0 aromatic heterocycles. The van der Waals surface area contributed by atoms with Crippen LogP contribution in [0.3, 0.4) is 0 Å². The second-order valence-corrected chi connectivity index (χ2v) is 6.13. The van der Waals surface area contributed by atoms with Crippen molar-refractivity contribution in [3.05, 3.63) is 0 Å². The van der Waals surface area contributed by atoms with Gasteiger partial charge in [0.1, 0.15) is 0 Å². The molecule has 15 heavy (non-hydrogen) atoms. The van der Waals surface area contributed by atoms with Gasteiger partial charge in [0.25, 0.3) is 0 Å². The molecule has 5 nitrogen and oxygen atoms in total. The van der Waals surface area contributed by atoms with Crippen LogP contribution in [0.4, 0.5) is 0 Å². The SMILES string of the molecule is COCCS(=O)(=O)NC(C)C(CO)SC. The van der Waals surface area contributed by atoms with Crippen LogP contribution in [-0.2, 0) is 14.8 Å². The highest BCUT2D eigenvalue weighted by molar-refractivity contribution is 7.99. The third kappa shape index (κ3) is 6.36. The Kier molecular flexibility index (Phi) is 7.54. The van der Waals surface area contributed by atoms with Crippen LogP contribution in [0.15, 0.2) is 0 Å². The average molecular weight is 257 g/mol. The number of thioether (sulfide) groups is 1. The van der Waals surface area contributed by atoms with Crippen molar-refractivity contribution in [2.45, 2.75) is 18.2 Å². The summed E-state index contributed by atoms with van der Waals surface area (Å²) in [5, 5.41) is 8.87. The van der Waals surface area contributed by atoms with E-state index in [2.05, 4.69) is 4.72 Å². The minimum Gasteiger partial charge on any atom is -0.395 e. The largest absolute Gasteiger partial charge is 0.395 e. The minimum atomic E-state index is -3.31. The number of hydrogen-bond donors (Lipinski definition) is 2. The van der Waals surface area contributed by atoms with Crippen LogP contribution in [-0.4, -0.2) is 57.1 Å². The smallest absolute Gasteiger partial charge is 0.214 e. The Morgan fingerprint density at radius 3 is 2.53 bits per heavy atom. The summed E-state index contributed by atoms with van der Waals surface area (Å²) >= 11 is 1.43. The topological polar surface area (TPSA) is 75.6 Å². The van der Waals surface area contributed by atoms with Gasteiger partial charge in [0, 0.05) is 18.4 Å². The van der Waals surface area contributed by atoms with Crippen LogP contribution in [0.1, 0.15) is 6.92 Å². The molecule has 0 rings (SSSR count). The maximum absolute atomic E-state index is 11.5. The van der Waals surface area contributed by atoms with Gasteiger partial charge >= 0.3 is 0 Å². The molecule has 0 radical (unpaired) electrons. The lowest BCUT2D eigenvalue weighted by Crippen LogP contribution is -2.42. The number of sulfonamides is 1. The van der Waals surface area contributed by atoms with E-state index in [1.807, 2.05) is 6.26 Å². The van der Waals surface area contributed by atoms with Crippen LogP contribution in [0, 0.1) is 0 Å². The van der Waals surface area contributed by atoms with E-state index in [0.717, 1.165) is 0 Å². The molecule has 2 atom stereocenters. The first-order valence-electron chi connectivity index (χ1n) is 4.59. The van der Waals surface area contributed by atoms with Crippen molar-refractivity contribution in [2.75, 3.05) is 32.3 Å². The summed E-state index contributed by atoms with van der Waals surface area (Å²) in [6, 6.07) is -0.285. The van der Waals surface area contributed by atoms with E-state index in [9.17, 15) is 8.42 Å². The van der Waals surface area contributed by atoms with Crippen LogP contribution < -0.4 is 4.72 Å². The highest BCUT2D eigenvalue weighted by Crippen LogP contribution is 2.10. The summed E-state index contributed by atoms with van der Waals surface area (Å²) in [5.74, 6) is -0.0552. The Bertz CT molecular complexity index is 251. The molecule has 0 bridgehead atoms. The first kappa shape index (κ1) is 15.2. The summed E-state index contributed by atoms with van der Waals surface area (Å²) in [6.07, 6.45) is 1.83. The number of aliphatic hydroxyl groups excluding tert-OH is 1. The fraction of sp³-hybridized carbons (Fsp3) is 1.00. The molecule has 0 aliphatic heterocycles. The van der Waals surface area contributed by atoms with Gasteiger partial charge in [-0.25, -0.2) is 13.1 Å². The Morgan fingerprint density at radius 1 is 1.53 bits per heavy atom. The number of hydrogen-bond acceptors (Lipinski definition) is 5. The lowest BCUT2D eigenvalue weighted by atomic mass is 10.3. The quantitative estimate of drug-likeness (QED) is 0.622. The Labute approximate surface area is 95.6 Å². The molecule has 0 saturated carbocycles. The molecule has 0 saturated heterocycles. The van der Waals surface area contributed by atoms with E-state index in [-0.39, 0.29) is 30.3 Å². The fourth-order valence-corrected chi connectivity index (χ4v) is 2.99. The fourth-order valence-electron chi connectivity index (χ4n) is 1.05. The van der Waals surface area contributed by atoms with Crippen LogP contribution in [0.2, 0.25) is 0 Å². The highest BCUT2D eigenvalue weighted by atomic mass is 32.2. The number of methoxy groups -OCH3 is 1. The van der Waals surface area contributed by atoms with Gasteiger partial charge in [-0.15, -0.1) is 0 Å². The second kappa shape index (κ2) is 7.45. The molecule has 0 aliphatic carbocycles. The van der Waals surface area contributed by atoms with Crippen molar-refractivity contribution in [2.24, 2.45) is 0 Å². The first-order chi connectivity index (χ1) is 6.96. The summed E-state index contributed by atoms with van der Waals surface area (Å²) in [4.78, 5) is 0. The number of aliphatic hydroxyl groups is 1. The predicted molar refractivity (Wildman–Crippen MR) is 62.6 cm³/mol. The molecule has 0 heterocycles. The van der Waals surface area contributed by atoms with Gasteiger partial charge in [0.2, 0.25) is 10.0 Å². The van der Waals surface area contributed by atoms with E-state index in [1.54, 1.807) is 6.92 Å². The molecule has 2 unspecified atom stereocenters. The molecule has 7 heteroatoms. The minimum absolute atomic E-state index is 0.0465. The van der Waals surface area contributed by atoms with Crippen molar-refractivity contribution in [3.63, 3.8) is 0 Å². The third-order valence-corrected chi connectivity index (χ3v) is 4.56. The van der Waals surface area contributed by atoms with Crippen molar-refractivity contribution < 1.29 is 18.3 Å². The Hall–Kier alpha value is 0.180. The molecular weight excluding hydrogens is 238 g/mol.